The van der Waals surface area contributed by atoms with E-state index in [1.54, 1.807) is 12.1 Å². The van der Waals surface area contributed by atoms with Gasteiger partial charge in [-0.15, -0.1) is 0 Å². The van der Waals surface area contributed by atoms with Crippen LogP contribution in [-0.4, -0.2) is 18.7 Å². The van der Waals surface area contributed by atoms with Crippen molar-refractivity contribution in [3.05, 3.63) is 28.5 Å². The molecule has 1 N–H and O–H groups in total. The molecular weight excluding hydrogens is 309 g/mol. The summed E-state index contributed by atoms with van der Waals surface area (Å²) in [5.41, 5.74) is 0. The van der Waals surface area contributed by atoms with Crippen LogP contribution in [-0.2, 0) is 0 Å². The number of hydrogen-bond acceptors (Lipinski definition) is 2. The zero-order valence-electron chi connectivity index (χ0n) is 11.3. The Labute approximate surface area is 122 Å². The van der Waals surface area contributed by atoms with Gasteiger partial charge in [-0.05, 0) is 53.9 Å². The molecule has 0 bridgehead atoms. The summed E-state index contributed by atoms with van der Waals surface area (Å²) >= 11 is 3.17. The maximum Gasteiger partial charge on any atom is 0.137 e. The Kier molecular flexibility index (Phi) is 5.64. The van der Waals surface area contributed by atoms with Crippen LogP contribution in [0.3, 0.4) is 0 Å². The summed E-state index contributed by atoms with van der Waals surface area (Å²) < 4.78 is 19.3. The minimum absolute atomic E-state index is 0.0827. The van der Waals surface area contributed by atoms with E-state index in [0.717, 1.165) is 6.54 Å². The lowest BCUT2D eigenvalue weighted by Gasteiger charge is -2.25. The zero-order chi connectivity index (χ0) is 13.7. The van der Waals surface area contributed by atoms with Crippen LogP contribution in [0, 0.1) is 5.82 Å². The number of nitrogens with one attached hydrogen (secondary N) is 1. The maximum atomic E-state index is 13.1. The Balaban J connectivity index is 1.76. The molecule has 106 valence electrons. The van der Waals surface area contributed by atoms with E-state index in [2.05, 4.69) is 21.2 Å². The van der Waals surface area contributed by atoms with Gasteiger partial charge in [0.15, 0.2) is 0 Å². The molecule has 2 nitrogen and oxygen atoms in total. The first-order valence-electron chi connectivity index (χ1n) is 7.00. The van der Waals surface area contributed by atoms with E-state index in [9.17, 15) is 4.39 Å². The maximum absolute atomic E-state index is 13.1. The molecule has 1 aliphatic rings. The van der Waals surface area contributed by atoms with E-state index < -0.39 is 0 Å². The second-order valence-electron chi connectivity index (χ2n) is 5.25. The minimum atomic E-state index is -0.264. The van der Waals surface area contributed by atoms with E-state index in [-0.39, 0.29) is 11.9 Å². The molecule has 1 fully saturated rings. The first kappa shape index (κ1) is 14.8. The highest BCUT2D eigenvalue weighted by Crippen LogP contribution is 2.22. The van der Waals surface area contributed by atoms with Crippen molar-refractivity contribution in [3.8, 4) is 5.75 Å². The van der Waals surface area contributed by atoms with Crippen molar-refractivity contribution in [1.29, 1.82) is 0 Å². The van der Waals surface area contributed by atoms with E-state index in [1.165, 1.54) is 38.2 Å². The molecule has 0 spiro atoms. The number of benzene rings is 1. The number of ether oxygens (including phenoxy) is 1. The fourth-order valence-electron chi connectivity index (χ4n) is 2.46. The molecule has 1 atom stereocenters. The van der Waals surface area contributed by atoms with Crippen molar-refractivity contribution in [2.75, 3.05) is 6.54 Å². The Morgan fingerprint density at radius 2 is 2.11 bits per heavy atom. The van der Waals surface area contributed by atoms with Crippen molar-refractivity contribution < 1.29 is 9.13 Å². The Morgan fingerprint density at radius 3 is 2.79 bits per heavy atom. The highest BCUT2D eigenvalue weighted by atomic mass is 79.9. The van der Waals surface area contributed by atoms with Crippen molar-refractivity contribution in [1.82, 2.24) is 5.32 Å². The Morgan fingerprint density at radius 1 is 1.37 bits per heavy atom. The predicted molar refractivity (Wildman–Crippen MR) is 79.1 cm³/mol. The number of halogens is 2. The summed E-state index contributed by atoms with van der Waals surface area (Å²) in [6.45, 7) is 2.87. The van der Waals surface area contributed by atoms with Crippen LogP contribution in [0.2, 0.25) is 0 Å². The number of rotatable bonds is 5. The summed E-state index contributed by atoms with van der Waals surface area (Å²) in [5, 5.41) is 3.56. The largest absolute Gasteiger partial charge is 0.489 e. The van der Waals surface area contributed by atoms with Crippen LogP contribution in [0.25, 0.3) is 0 Å². The highest BCUT2D eigenvalue weighted by molar-refractivity contribution is 9.10. The van der Waals surface area contributed by atoms with Crippen molar-refractivity contribution in [2.45, 2.75) is 51.2 Å². The monoisotopic (exact) mass is 329 g/mol. The van der Waals surface area contributed by atoms with Gasteiger partial charge in [0.25, 0.3) is 0 Å². The van der Waals surface area contributed by atoms with Gasteiger partial charge < -0.3 is 10.1 Å². The zero-order valence-corrected chi connectivity index (χ0v) is 12.9. The second-order valence-corrected chi connectivity index (χ2v) is 6.10. The molecule has 4 heteroatoms. The predicted octanol–water partition coefficient (Wildman–Crippen LogP) is 4.28. The summed E-state index contributed by atoms with van der Waals surface area (Å²) in [4.78, 5) is 0. The second kappa shape index (κ2) is 7.25. The van der Waals surface area contributed by atoms with E-state index in [0.29, 0.717) is 16.3 Å². The summed E-state index contributed by atoms with van der Waals surface area (Å²) in [6.07, 6.45) is 6.66. The Bertz CT molecular complexity index is 407. The van der Waals surface area contributed by atoms with Gasteiger partial charge >= 0.3 is 0 Å². The van der Waals surface area contributed by atoms with E-state index in [1.807, 2.05) is 6.92 Å². The fraction of sp³-hybridized carbons (Fsp3) is 0.600. The van der Waals surface area contributed by atoms with Gasteiger partial charge in [-0.3, -0.25) is 0 Å². The van der Waals surface area contributed by atoms with Crippen LogP contribution >= 0.6 is 15.9 Å². The van der Waals surface area contributed by atoms with Crippen molar-refractivity contribution >= 4 is 15.9 Å². The third kappa shape index (κ3) is 4.77. The van der Waals surface area contributed by atoms with Gasteiger partial charge in [-0.25, -0.2) is 4.39 Å². The molecule has 0 heterocycles. The topological polar surface area (TPSA) is 21.3 Å². The van der Waals surface area contributed by atoms with Crippen molar-refractivity contribution in [3.63, 3.8) is 0 Å². The van der Waals surface area contributed by atoms with Crippen LogP contribution < -0.4 is 10.1 Å². The lowest BCUT2D eigenvalue weighted by atomic mass is 9.95. The van der Waals surface area contributed by atoms with Gasteiger partial charge in [-0.1, -0.05) is 19.3 Å². The van der Waals surface area contributed by atoms with Gasteiger partial charge in [0.2, 0.25) is 0 Å². The average molecular weight is 330 g/mol. The quantitative estimate of drug-likeness (QED) is 0.870. The molecule has 0 aliphatic heterocycles. The molecule has 0 aromatic heterocycles. The summed E-state index contributed by atoms with van der Waals surface area (Å²) in [5.74, 6) is 0.437. The third-order valence-corrected chi connectivity index (χ3v) is 4.14. The van der Waals surface area contributed by atoms with Crippen LogP contribution in [0.5, 0.6) is 5.75 Å². The molecular formula is C15H21BrFNO. The van der Waals surface area contributed by atoms with Gasteiger partial charge in [-0.2, -0.15) is 0 Å². The van der Waals surface area contributed by atoms with Crippen LogP contribution in [0.1, 0.15) is 39.0 Å². The molecule has 1 aromatic rings. The smallest absolute Gasteiger partial charge is 0.137 e. The SMILES string of the molecule is CC(CNC1CCCCC1)Oc1ccc(F)c(Br)c1. The third-order valence-electron chi connectivity index (χ3n) is 3.53. The molecule has 0 radical (unpaired) electrons. The molecule has 0 amide bonds. The molecule has 1 aromatic carbocycles. The molecule has 19 heavy (non-hydrogen) atoms. The average Bonchev–Trinajstić information content (AvgIpc) is 2.42. The lowest BCUT2D eigenvalue weighted by molar-refractivity contribution is 0.205. The summed E-state index contributed by atoms with van der Waals surface area (Å²) in [6, 6.07) is 5.39. The normalized spacial score (nSPS) is 18.3. The molecule has 2 rings (SSSR count). The highest BCUT2D eigenvalue weighted by Gasteiger charge is 2.14. The van der Waals surface area contributed by atoms with E-state index in [4.69, 9.17) is 4.74 Å². The first-order chi connectivity index (χ1) is 9.15. The van der Waals surface area contributed by atoms with Crippen LogP contribution in [0.4, 0.5) is 4.39 Å². The molecule has 1 unspecified atom stereocenters. The van der Waals surface area contributed by atoms with Crippen LogP contribution in [0.15, 0.2) is 22.7 Å². The fourth-order valence-corrected chi connectivity index (χ4v) is 2.82. The molecule has 1 saturated carbocycles. The molecule has 1 aliphatic carbocycles. The van der Waals surface area contributed by atoms with Gasteiger partial charge in [0, 0.05) is 12.6 Å². The van der Waals surface area contributed by atoms with E-state index >= 15 is 0 Å². The lowest BCUT2D eigenvalue weighted by Crippen LogP contribution is -2.37. The van der Waals surface area contributed by atoms with Gasteiger partial charge in [0.05, 0.1) is 4.47 Å². The minimum Gasteiger partial charge on any atom is -0.489 e. The standard InChI is InChI=1S/C15H21BrFNO/c1-11(10-18-12-5-3-2-4-6-12)19-13-7-8-15(17)14(16)9-13/h7-9,11-12,18H,2-6,10H2,1H3. The number of hydrogen-bond donors (Lipinski definition) is 1. The Hall–Kier alpha value is -0.610. The first-order valence-corrected chi connectivity index (χ1v) is 7.79. The molecule has 0 saturated heterocycles. The summed E-state index contributed by atoms with van der Waals surface area (Å²) in [7, 11) is 0. The van der Waals surface area contributed by atoms with Gasteiger partial charge in [0.1, 0.15) is 17.7 Å². The van der Waals surface area contributed by atoms with Crippen molar-refractivity contribution in [2.24, 2.45) is 0 Å².